The lowest BCUT2D eigenvalue weighted by atomic mass is 10.1. The molecule has 0 bridgehead atoms. The van der Waals surface area contributed by atoms with E-state index in [2.05, 4.69) is 10.3 Å². The van der Waals surface area contributed by atoms with Crippen LogP contribution in [0.25, 0.3) is 10.9 Å². The average molecular weight is 317 g/mol. The third-order valence-electron chi connectivity index (χ3n) is 3.38. The van der Waals surface area contributed by atoms with Crippen LogP contribution >= 0.6 is 23.2 Å². The van der Waals surface area contributed by atoms with Crippen molar-refractivity contribution in [2.45, 2.75) is 6.42 Å². The molecule has 0 amide bonds. The van der Waals surface area contributed by atoms with Gasteiger partial charge in [-0.3, -0.25) is 4.98 Å². The van der Waals surface area contributed by atoms with E-state index in [-0.39, 0.29) is 0 Å². The number of fused-ring (bicyclic) bond motifs is 1. The van der Waals surface area contributed by atoms with E-state index in [4.69, 9.17) is 23.2 Å². The Labute approximate surface area is 133 Å². The number of nitrogens with zero attached hydrogens (tertiary/aromatic N) is 1. The predicted octanol–water partition coefficient (Wildman–Crippen LogP) is 5.20. The van der Waals surface area contributed by atoms with Crippen LogP contribution in [0.1, 0.15) is 5.56 Å². The molecule has 3 rings (SSSR count). The summed E-state index contributed by atoms with van der Waals surface area (Å²) >= 11 is 12.4. The van der Waals surface area contributed by atoms with E-state index in [1.165, 1.54) is 0 Å². The monoisotopic (exact) mass is 316 g/mol. The van der Waals surface area contributed by atoms with Gasteiger partial charge in [0, 0.05) is 23.2 Å². The summed E-state index contributed by atoms with van der Waals surface area (Å²) in [6.45, 7) is 0.761. The first-order valence-corrected chi connectivity index (χ1v) is 7.52. The molecule has 1 aromatic heterocycles. The first kappa shape index (κ1) is 14.2. The first-order chi connectivity index (χ1) is 10.3. The number of hydrogen-bond donors (Lipinski definition) is 1. The van der Waals surface area contributed by atoms with Crippen molar-refractivity contribution < 1.29 is 0 Å². The number of pyridine rings is 1. The molecule has 2 nitrogen and oxygen atoms in total. The van der Waals surface area contributed by atoms with Crippen LogP contribution in [0.5, 0.6) is 0 Å². The lowest BCUT2D eigenvalue weighted by Gasteiger charge is -2.12. The second-order valence-corrected chi connectivity index (χ2v) is 5.58. The highest BCUT2D eigenvalue weighted by molar-refractivity contribution is 6.34. The van der Waals surface area contributed by atoms with Crippen molar-refractivity contribution in [2.24, 2.45) is 0 Å². The van der Waals surface area contributed by atoms with Crippen LogP contribution in [0, 0.1) is 0 Å². The molecule has 0 radical (unpaired) electrons. The summed E-state index contributed by atoms with van der Waals surface area (Å²) in [4.78, 5) is 4.33. The van der Waals surface area contributed by atoms with E-state index in [1.807, 2.05) is 48.5 Å². The quantitative estimate of drug-likeness (QED) is 0.716. The molecule has 0 aliphatic carbocycles. The molecular weight excluding hydrogens is 303 g/mol. The summed E-state index contributed by atoms with van der Waals surface area (Å²) in [5.74, 6) is 0. The Bertz CT molecular complexity index is 772. The number of benzene rings is 2. The Balaban J connectivity index is 1.79. The Morgan fingerprint density at radius 1 is 0.905 bits per heavy atom. The fourth-order valence-corrected chi connectivity index (χ4v) is 2.77. The van der Waals surface area contributed by atoms with Gasteiger partial charge in [0.2, 0.25) is 0 Å². The molecule has 0 unspecified atom stereocenters. The zero-order chi connectivity index (χ0) is 14.7. The molecule has 1 heterocycles. The average Bonchev–Trinajstić information content (AvgIpc) is 2.51. The maximum absolute atomic E-state index is 6.27. The lowest BCUT2D eigenvalue weighted by Crippen LogP contribution is -2.06. The van der Waals surface area contributed by atoms with Gasteiger partial charge in [0.1, 0.15) is 0 Å². The van der Waals surface area contributed by atoms with Crippen LogP contribution in [-0.4, -0.2) is 11.5 Å². The maximum atomic E-state index is 6.27. The molecule has 0 atom stereocenters. The Kier molecular flexibility index (Phi) is 4.28. The lowest BCUT2D eigenvalue weighted by molar-refractivity contribution is 1.02. The zero-order valence-electron chi connectivity index (χ0n) is 11.3. The van der Waals surface area contributed by atoms with Gasteiger partial charge in [0.15, 0.2) is 0 Å². The first-order valence-electron chi connectivity index (χ1n) is 6.76. The second kappa shape index (κ2) is 6.33. The summed E-state index contributed by atoms with van der Waals surface area (Å²) < 4.78 is 0. The molecule has 0 saturated carbocycles. The molecule has 0 aliphatic rings. The van der Waals surface area contributed by atoms with Crippen LogP contribution in [0.4, 0.5) is 5.69 Å². The smallest absolute Gasteiger partial charge is 0.0827 e. The molecule has 21 heavy (non-hydrogen) atoms. The Morgan fingerprint density at radius 2 is 1.67 bits per heavy atom. The highest BCUT2D eigenvalue weighted by atomic mass is 35.5. The van der Waals surface area contributed by atoms with Crippen molar-refractivity contribution in [3.8, 4) is 0 Å². The summed E-state index contributed by atoms with van der Waals surface area (Å²) in [5, 5.41) is 5.86. The number of anilines is 1. The number of halogens is 2. The number of aromatic nitrogens is 1. The molecule has 1 N–H and O–H groups in total. The fourth-order valence-electron chi connectivity index (χ4n) is 2.32. The largest absolute Gasteiger partial charge is 0.383 e. The minimum absolute atomic E-state index is 0.632. The van der Waals surface area contributed by atoms with Crippen LogP contribution in [0.15, 0.2) is 54.7 Å². The van der Waals surface area contributed by atoms with Gasteiger partial charge in [0.05, 0.1) is 16.2 Å². The summed E-state index contributed by atoms with van der Waals surface area (Å²) in [6, 6.07) is 15.8. The van der Waals surface area contributed by atoms with Crippen LogP contribution in [0.2, 0.25) is 10.0 Å². The minimum Gasteiger partial charge on any atom is -0.383 e. The van der Waals surface area contributed by atoms with Gasteiger partial charge in [-0.1, -0.05) is 59.6 Å². The summed E-state index contributed by atoms with van der Waals surface area (Å²) in [5.41, 5.74) is 2.98. The molecule has 3 aromatic rings. The maximum Gasteiger partial charge on any atom is 0.0827 e. The highest BCUT2D eigenvalue weighted by Gasteiger charge is 2.07. The van der Waals surface area contributed by atoms with Crippen LogP contribution in [-0.2, 0) is 6.42 Å². The topological polar surface area (TPSA) is 24.9 Å². The SMILES string of the molecule is Clc1ccccc1CCNc1c(Cl)cnc2ccccc12. The van der Waals surface area contributed by atoms with Crippen molar-refractivity contribution in [2.75, 3.05) is 11.9 Å². The van der Waals surface area contributed by atoms with E-state index in [0.717, 1.165) is 40.1 Å². The van der Waals surface area contributed by atoms with Crippen LogP contribution < -0.4 is 5.32 Å². The molecule has 4 heteroatoms. The predicted molar refractivity (Wildman–Crippen MR) is 90.4 cm³/mol. The van der Waals surface area contributed by atoms with Crippen molar-refractivity contribution >= 4 is 39.8 Å². The molecule has 106 valence electrons. The van der Waals surface area contributed by atoms with Gasteiger partial charge in [-0.05, 0) is 24.1 Å². The third-order valence-corrected chi connectivity index (χ3v) is 4.04. The third kappa shape index (κ3) is 3.12. The summed E-state index contributed by atoms with van der Waals surface area (Å²) in [6.07, 6.45) is 2.52. The number of hydrogen-bond acceptors (Lipinski definition) is 2. The van der Waals surface area contributed by atoms with E-state index in [1.54, 1.807) is 6.20 Å². The van der Waals surface area contributed by atoms with Crippen molar-refractivity contribution in [3.63, 3.8) is 0 Å². The molecule has 0 spiro atoms. The number of para-hydroxylation sites is 1. The van der Waals surface area contributed by atoms with Gasteiger partial charge in [-0.15, -0.1) is 0 Å². The molecule has 2 aromatic carbocycles. The zero-order valence-corrected chi connectivity index (χ0v) is 12.8. The molecule has 0 aliphatic heterocycles. The van der Waals surface area contributed by atoms with E-state index in [0.29, 0.717) is 5.02 Å². The molecule has 0 fully saturated rings. The number of rotatable bonds is 4. The molecule has 0 saturated heterocycles. The van der Waals surface area contributed by atoms with Crippen LogP contribution in [0.3, 0.4) is 0 Å². The number of nitrogens with one attached hydrogen (secondary N) is 1. The highest BCUT2D eigenvalue weighted by Crippen LogP contribution is 2.29. The minimum atomic E-state index is 0.632. The van der Waals surface area contributed by atoms with Gasteiger partial charge >= 0.3 is 0 Å². The van der Waals surface area contributed by atoms with E-state index in [9.17, 15) is 0 Å². The van der Waals surface area contributed by atoms with E-state index >= 15 is 0 Å². The second-order valence-electron chi connectivity index (χ2n) is 4.77. The van der Waals surface area contributed by atoms with E-state index < -0.39 is 0 Å². The van der Waals surface area contributed by atoms with Gasteiger partial charge < -0.3 is 5.32 Å². The van der Waals surface area contributed by atoms with Gasteiger partial charge in [-0.25, -0.2) is 0 Å². The van der Waals surface area contributed by atoms with Crippen molar-refractivity contribution in [1.82, 2.24) is 4.98 Å². The van der Waals surface area contributed by atoms with Crippen molar-refractivity contribution in [3.05, 3.63) is 70.3 Å². The molecular formula is C17H14Cl2N2. The fraction of sp³-hybridized carbons (Fsp3) is 0.118. The van der Waals surface area contributed by atoms with Gasteiger partial charge in [-0.2, -0.15) is 0 Å². The Morgan fingerprint density at radius 3 is 2.52 bits per heavy atom. The van der Waals surface area contributed by atoms with Gasteiger partial charge in [0.25, 0.3) is 0 Å². The standard InChI is InChI=1S/C17H14Cl2N2/c18-14-7-3-1-5-12(14)9-10-20-17-13-6-2-4-8-16(13)21-11-15(17)19/h1-8,11H,9-10H2,(H,20,21). The normalized spacial score (nSPS) is 10.8. The summed E-state index contributed by atoms with van der Waals surface area (Å²) in [7, 11) is 0. The Hall–Kier alpha value is -1.77. The van der Waals surface area contributed by atoms with Crippen molar-refractivity contribution in [1.29, 1.82) is 0 Å².